The number of hydrogen-bond donors (Lipinski definition) is 0. The number of pyridine rings is 2. The summed E-state index contributed by atoms with van der Waals surface area (Å²) in [5.41, 5.74) is 8.65. The fourth-order valence-corrected chi connectivity index (χ4v) is 7.74. The molecule has 3 heterocycles. The predicted octanol–water partition coefficient (Wildman–Crippen LogP) is 10.7. The number of furan rings is 1. The molecule has 3 nitrogen and oxygen atoms in total. The predicted molar refractivity (Wildman–Crippen MR) is 187 cm³/mol. The van der Waals surface area contributed by atoms with E-state index in [-0.39, 0.29) is 20.1 Å². The monoisotopic (exact) mass is 787 g/mol. The Bertz CT molecular complexity index is 1850. The molecule has 7 rings (SSSR count). The molecule has 3 aromatic heterocycles. The van der Waals surface area contributed by atoms with Gasteiger partial charge in [0.05, 0.1) is 13.7 Å². The third kappa shape index (κ3) is 7.38. The van der Waals surface area contributed by atoms with Crippen molar-refractivity contribution in [3.63, 3.8) is 0 Å². The van der Waals surface area contributed by atoms with Crippen LogP contribution >= 0.6 is 0 Å². The smallest absolute Gasteiger partial charge is 0.120 e. The number of hydrogen-bond acceptors (Lipinski definition) is 3. The Hall–Kier alpha value is -3.37. The van der Waals surface area contributed by atoms with Crippen LogP contribution in [0.4, 0.5) is 0 Å². The van der Waals surface area contributed by atoms with Crippen LogP contribution < -0.4 is 5.19 Å². The molecule has 45 heavy (non-hydrogen) atoms. The summed E-state index contributed by atoms with van der Waals surface area (Å²) in [6.07, 6.45) is 10.5. The summed E-state index contributed by atoms with van der Waals surface area (Å²) >= 11 is 0. The molecule has 5 heteroatoms. The molecule has 0 spiro atoms. The van der Waals surface area contributed by atoms with Crippen LogP contribution in [0.3, 0.4) is 0 Å². The second-order valence-electron chi connectivity index (χ2n) is 13.3. The van der Waals surface area contributed by atoms with Crippen molar-refractivity contribution < 1.29 is 24.5 Å². The van der Waals surface area contributed by atoms with Gasteiger partial charge in [0.15, 0.2) is 0 Å². The zero-order valence-corrected chi connectivity index (χ0v) is 30.4. The van der Waals surface area contributed by atoms with E-state index in [9.17, 15) is 0 Å². The van der Waals surface area contributed by atoms with Crippen molar-refractivity contribution in [2.45, 2.75) is 77.4 Å². The Morgan fingerprint density at radius 3 is 2.27 bits per heavy atom. The van der Waals surface area contributed by atoms with E-state index in [4.69, 9.17) is 9.40 Å². The van der Waals surface area contributed by atoms with Crippen LogP contribution in [0.15, 0.2) is 95.7 Å². The molecule has 233 valence electrons. The van der Waals surface area contributed by atoms with Crippen molar-refractivity contribution in [1.82, 2.24) is 9.97 Å². The molecule has 1 radical (unpaired) electrons. The van der Waals surface area contributed by atoms with E-state index in [1.165, 1.54) is 59.2 Å². The summed E-state index contributed by atoms with van der Waals surface area (Å²) in [5, 5.41) is 3.75. The average Bonchev–Trinajstić information content (AvgIpc) is 3.45. The van der Waals surface area contributed by atoms with Gasteiger partial charge in [0.1, 0.15) is 5.58 Å². The second-order valence-corrected chi connectivity index (χ2v) is 18.4. The second kappa shape index (κ2) is 14.4. The number of rotatable bonds is 5. The molecular formula is C40H42IrN2OSi-2. The summed E-state index contributed by atoms with van der Waals surface area (Å²) < 4.78 is 6.54. The van der Waals surface area contributed by atoms with Gasteiger partial charge >= 0.3 is 0 Å². The standard InChI is InChI=1S/C26H28NOSi.C14H14N.Ir/c1-29(2,3)24-14-8-12-21-20-11-7-13-22(25(20)28-26(21)24)23-17-19(15-16-27-23)18-9-5-4-6-10-18;1-11(2)13-8-9-14(15-10-13)12-6-4-3-5-7-12;/h7-8,11-12,14-18H,4-6,9-10H2,1-3H3;3-6,8-11H,1-2H3;/q2*-1;. The summed E-state index contributed by atoms with van der Waals surface area (Å²) in [4.78, 5) is 9.15. The van der Waals surface area contributed by atoms with Crippen molar-refractivity contribution in [2.24, 2.45) is 0 Å². The number of benzene rings is 3. The molecule has 0 amide bonds. The molecule has 3 aromatic carbocycles. The SMILES string of the molecule is CC(C)c1ccc(-c2[c-]cccc2)nc1.C[Si](C)(C)c1cccc2c1oc1c(-c3cc(C4CCCCC4)ccn3)[c-]ccc12.[Ir]. The summed E-state index contributed by atoms with van der Waals surface area (Å²) in [6.45, 7) is 11.5. The van der Waals surface area contributed by atoms with Crippen molar-refractivity contribution in [3.05, 3.63) is 115 Å². The van der Waals surface area contributed by atoms with E-state index in [2.05, 4.69) is 99.1 Å². The molecule has 1 fully saturated rings. The minimum atomic E-state index is -1.51. The molecule has 0 unspecified atom stereocenters. The molecule has 0 saturated heterocycles. The van der Waals surface area contributed by atoms with E-state index in [0.29, 0.717) is 11.8 Å². The third-order valence-corrected chi connectivity index (χ3v) is 10.8. The van der Waals surface area contributed by atoms with E-state index in [1.807, 2.05) is 42.7 Å². The van der Waals surface area contributed by atoms with Crippen LogP contribution in [0.5, 0.6) is 0 Å². The van der Waals surface area contributed by atoms with E-state index < -0.39 is 8.07 Å². The van der Waals surface area contributed by atoms with Crippen LogP contribution in [0, 0.1) is 12.1 Å². The summed E-state index contributed by atoms with van der Waals surface area (Å²) in [7, 11) is -1.51. The number of para-hydroxylation sites is 1. The molecule has 0 aliphatic heterocycles. The molecule has 0 atom stereocenters. The first-order chi connectivity index (χ1) is 21.3. The van der Waals surface area contributed by atoms with Gasteiger partial charge in [-0.2, -0.15) is 0 Å². The van der Waals surface area contributed by atoms with Gasteiger partial charge in [0.25, 0.3) is 0 Å². The van der Waals surface area contributed by atoms with Gasteiger partial charge in [0, 0.05) is 37.9 Å². The number of fused-ring (bicyclic) bond motifs is 3. The molecular weight excluding hydrogens is 745 g/mol. The summed E-state index contributed by atoms with van der Waals surface area (Å²) in [5.74, 6) is 1.20. The zero-order chi connectivity index (χ0) is 30.7. The number of nitrogens with zero attached hydrogens (tertiary/aromatic N) is 2. The van der Waals surface area contributed by atoms with Crippen LogP contribution in [0.1, 0.15) is 68.9 Å². The third-order valence-electron chi connectivity index (χ3n) is 8.82. The first kappa shape index (κ1) is 33.0. The van der Waals surface area contributed by atoms with Crippen LogP contribution in [0.25, 0.3) is 44.5 Å². The number of aromatic nitrogens is 2. The van der Waals surface area contributed by atoms with Gasteiger partial charge in [0.2, 0.25) is 0 Å². The average molecular weight is 787 g/mol. The maximum atomic E-state index is 6.54. The van der Waals surface area contributed by atoms with Crippen molar-refractivity contribution >= 4 is 35.2 Å². The first-order valence-electron chi connectivity index (χ1n) is 16.1. The van der Waals surface area contributed by atoms with Crippen molar-refractivity contribution in [3.8, 4) is 22.5 Å². The van der Waals surface area contributed by atoms with E-state index >= 15 is 0 Å². The molecule has 6 aromatic rings. The fourth-order valence-electron chi connectivity index (χ4n) is 6.28. The minimum Gasteiger partial charge on any atom is -0.501 e. The largest absolute Gasteiger partial charge is 0.501 e. The normalized spacial score (nSPS) is 13.8. The van der Waals surface area contributed by atoms with Gasteiger partial charge in [-0.25, -0.2) is 0 Å². The van der Waals surface area contributed by atoms with Crippen molar-refractivity contribution in [2.75, 3.05) is 0 Å². The Morgan fingerprint density at radius 2 is 1.58 bits per heavy atom. The van der Waals surface area contributed by atoms with Crippen molar-refractivity contribution in [1.29, 1.82) is 0 Å². The van der Waals surface area contributed by atoms with Crippen LogP contribution in [-0.4, -0.2) is 18.0 Å². The Labute approximate surface area is 282 Å². The molecule has 0 N–H and O–H groups in total. The van der Waals surface area contributed by atoms with Gasteiger partial charge in [-0.1, -0.05) is 106 Å². The Balaban J connectivity index is 0.000000212. The van der Waals surface area contributed by atoms with Gasteiger partial charge in [-0.05, 0) is 52.9 Å². The summed E-state index contributed by atoms with van der Waals surface area (Å²) in [6, 6.07) is 33.9. The molecule has 1 aliphatic rings. The molecule has 1 saturated carbocycles. The van der Waals surface area contributed by atoms with E-state index in [1.54, 1.807) is 0 Å². The van der Waals surface area contributed by atoms with Crippen LogP contribution in [0.2, 0.25) is 19.6 Å². The fraction of sp³-hybridized carbons (Fsp3) is 0.300. The van der Waals surface area contributed by atoms with Gasteiger partial charge in [-0.3, -0.25) is 0 Å². The molecule has 1 aliphatic carbocycles. The first-order valence-corrected chi connectivity index (χ1v) is 19.6. The zero-order valence-electron chi connectivity index (χ0n) is 27.0. The minimum absolute atomic E-state index is 0. The molecule has 0 bridgehead atoms. The topological polar surface area (TPSA) is 38.9 Å². The maximum absolute atomic E-state index is 6.54. The quantitative estimate of drug-likeness (QED) is 0.129. The van der Waals surface area contributed by atoms with Gasteiger partial charge < -0.3 is 14.4 Å². The Morgan fingerprint density at radius 1 is 0.778 bits per heavy atom. The Kier molecular flexibility index (Phi) is 10.5. The van der Waals surface area contributed by atoms with Gasteiger partial charge in [-0.15, -0.1) is 54.1 Å². The van der Waals surface area contributed by atoms with Crippen LogP contribution in [-0.2, 0) is 20.1 Å². The maximum Gasteiger partial charge on any atom is 0.120 e. The van der Waals surface area contributed by atoms with E-state index in [0.717, 1.165) is 33.7 Å².